The van der Waals surface area contributed by atoms with Gasteiger partial charge < -0.3 is 14.2 Å². The SMILES string of the molecule is CCOc1ccc(Cl)cc1S(=O)(=O)N[C@H](C)c1ccc(OC)c(OC)c1. The molecule has 6 nitrogen and oxygen atoms in total. The molecule has 0 unspecified atom stereocenters. The highest BCUT2D eigenvalue weighted by Gasteiger charge is 2.23. The maximum absolute atomic E-state index is 12.8. The summed E-state index contributed by atoms with van der Waals surface area (Å²) in [5.74, 6) is 1.34. The molecule has 0 fully saturated rings. The zero-order valence-electron chi connectivity index (χ0n) is 15.1. The van der Waals surface area contributed by atoms with Crippen LogP contribution in [0.4, 0.5) is 0 Å². The van der Waals surface area contributed by atoms with Crippen LogP contribution in [0.25, 0.3) is 0 Å². The Morgan fingerprint density at radius 3 is 2.31 bits per heavy atom. The van der Waals surface area contributed by atoms with Crippen LogP contribution >= 0.6 is 11.6 Å². The summed E-state index contributed by atoms with van der Waals surface area (Å²) < 4.78 is 44.2. The van der Waals surface area contributed by atoms with Gasteiger partial charge in [-0.2, -0.15) is 0 Å². The lowest BCUT2D eigenvalue weighted by Gasteiger charge is -2.18. The molecule has 2 rings (SSSR count). The minimum atomic E-state index is -3.85. The van der Waals surface area contributed by atoms with Gasteiger partial charge in [0.05, 0.1) is 20.8 Å². The Morgan fingerprint density at radius 1 is 1.04 bits per heavy atom. The molecule has 1 atom stereocenters. The van der Waals surface area contributed by atoms with Crippen LogP contribution in [0.3, 0.4) is 0 Å². The topological polar surface area (TPSA) is 73.9 Å². The summed E-state index contributed by atoms with van der Waals surface area (Å²) in [6.07, 6.45) is 0. The van der Waals surface area contributed by atoms with E-state index in [0.29, 0.717) is 23.1 Å². The highest BCUT2D eigenvalue weighted by molar-refractivity contribution is 7.89. The molecule has 0 saturated heterocycles. The number of ether oxygens (including phenoxy) is 3. The van der Waals surface area contributed by atoms with Gasteiger partial charge in [0.2, 0.25) is 10.0 Å². The van der Waals surface area contributed by atoms with E-state index in [9.17, 15) is 8.42 Å². The third kappa shape index (κ3) is 4.60. The molecular weight excluding hydrogens is 378 g/mol. The van der Waals surface area contributed by atoms with Crippen LogP contribution in [0.15, 0.2) is 41.3 Å². The molecule has 0 aliphatic heterocycles. The Kier molecular flexibility index (Phi) is 6.75. The highest BCUT2D eigenvalue weighted by Crippen LogP contribution is 2.32. The average molecular weight is 400 g/mol. The molecule has 0 amide bonds. The Balaban J connectivity index is 2.33. The summed E-state index contributed by atoms with van der Waals surface area (Å²) in [6, 6.07) is 9.22. The maximum atomic E-state index is 12.8. The Hall–Kier alpha value is -1.96. The molecule has 0 radical (unpaired) electrons. The van der Waals surface area contributed by atoms with Gasteiger partial charge in [0.25, 0.3) is 0 Å². The van der Waals surface area contributed by atoms with E-state index >= 15 is 0 Å². The fourth-order valence-corrected chi connectivity index (χ4v) is 4.09. The largest absolute Gasteiger partial charge is 0.493 e. The average Bonchev–Trinajstić information content (AvgIpc) is 2.62. The monoisotopic (exact) mass is 399 g/mol. The number of methoxy groups -OCH3 is 2. The molecule has 1 N–H and O–H groups in total. The van der Waals surface area contributed by atoms with E-state index in [2.05, 4.69) is 4.72 Å². The van der Waals surface area contributed by atoms with Gasteiger partial charge in [-0.1, -0.05) is 17.7 Å². The lowest BCUT2D eigenvalue weighted by atomic mass is 10.1. The molecule has 8 heteroatoms. The Labute approximate surface area is 159 Å². The quantitative estimate of drug-likeness (QED) is 0.730. The van der Waals surface area contributed by atoms with Gasteiger partial charge in [-0.15, -0.1) is 0 Å². The minimum Gasteiger partial charge on any atom is -0.493 e. The number of rotatable bonds is 8. The molecule has 0 heterocycles. The Morgan fingerprint density at radius 2 is 1.69 bits per heavy atom. The predicted molar refractivity (Wildman–Crippen MR) is 101 cm³/mol. The number of hydrogen-bond acceptors (Lipinski definition) is 5. The zero-order valence-corrected chi connectivity index (χ0v) is 16.6. The third-order valence-electron chi connectivity index (χ3n) is 3.73. The van der Waals surface area contributed by atoms with Crippen LogP contribution < -0.4 is 18.9 Å². The molecule has 0 spiro atoms. The van der Waals surface area contributed by atoms with E-state index in [4.69, 9.17) is 25.8 Å². The number of nitrogens with one attached hydrogen (secondary N) is 1. The van der Waals surface area contributed by atoms with Crippen molar-refractivity contribution in [2.24, 2.45) is 0 Å². The van der Waals surface area contributed by atoms with Crippen molar-refractivity contribution in [3.63, 3.8) is 0 Å². The van der Waals surface area contributed by atoms with Gasteiger partial charge in [-0.25, -0.2) is 13.1 Å². The van der Waals surface area contributed by atoms with E-state index in [1.54, 1.807) is 44.2 Å². The summed E-state index contributed by atoms with van der Waals surface area (Å²) in [4.78, 5) is -0.000762. The number of halogens is 1. The van der Waals surface area contributed by atoms with Gasteiger partial charge in [0.1, 0.15) is 10.6 Å². The predicted octanol–water partition coefficient (Wildman–Crippen LogP) is 3.80. The van der Waals surface area contributed by atoms with Crippen molar-refractivity contribution in [1.29, 1.82) is 0 Å². The summed E-state index contributed by atoms with van der Waals surface area (Å²) in [7, 11) is -0.785. The van der Waals surface area contributed by atoms with E-state index < -0.39 is 16.1 Å². The fraction of sp³-hybridized carbons (Fsp3) is 0.333. The van der Waals surface area contributed by atoms with Gasteiger partial charge in [-0.3, -0.25) is 0 Å². The normalized spacial score (nSPS) is 12.5. The highest BCUT2D eigenvalue weighted by atomic mass is 35.5. The second kappa shape index (κ2) is 8.62. The van der Waals surface area contributed by atoms with Crippen LogP contribution in [0, 0.1) is 0 Å². The lowest BCUT2D eigenvalue weighted by molar-refractivity contribution is 0.331. The van der Waals surface area contributed by atoms with Gasteiger partial charge in [0.15, 0.2) is 11.5 Å². The Bertz CT molecular complexity index is 870. The van der Waals surface area contributed by atoms with Crippen molar-refractivity contribution < 1.29 is 22.6 Å². The van der Waals surface area contributed by atoms with Crippen LogP contribution in [-0.2, 0) is 10.0 Å². The van der Waals surface area contributed by atoms with Crippen LogP contribution in [-0.4, -0.2) is 29.2 Å². The van der Waals surface area contributed by atoms with Crippen molar-refractivity contribution in [2.75, 3.05) is 20.8 Å². The lowest BCUT2D eigenvalue weighted by Crippen LogP contribution is -2.27. The molecule has 0 saturated carbocycles. The first-order valence-electron chi connectivity index (χ1n) is 7.99. The molecule has 142 valence electrons. The van der Waals surface area contributed by atoms with Crippen LogP contribution in [0.1, 0.15) is 25.5 Å². The van der Waals surface area contributed by atoms with Crippen molar-refractivity contribution >= 4 is 21.6 Å². The molecule has 0 aliphatic rings. The van der Waals surface area contributed by atoms with Crippen molar-refractivity contribution in [2.45, 2.75) is 24.8 Å². The summed E-state index contributed by atoms with van der Waals surface area (Å²) in [6.45, 7) is 3.86. The third-order valence-corrected chi connectivity index (χ3v) is 5.53. The van der Waals surface area contributed by atoms with Crippen molar-refractivity contribution in [3.05, 3.63) is 47.0 Å². The fourth-order valence-electron chi connectivity index (χ4n) is 2.45. The number of benzene rings is 2. The van der Waals surface area contributed by atoms with Crippen molar-refractivity contribution in [3.8, 4) is 17.2 Å². The van der Waals surface area contributed by atoms with E-state index in [0.717, 1.165) is 5.56 Å². The van der Waals surface area contributed by atoms with Crippen LogP contribution in [0.2, 0.25) is 5.02 Å². The van der Waals surface area contributed by atoms with Gasteiger partial charge in [-0.05, 0) is 49.7 Å². The van der Waals surface area contributed by atoms with Gasteiger partial charge >= 0.3 is 0 Å². The minimum absolute atomic E-state index is 0.000762. The standard InChI is InChI=1S/C18H22ClNO5S/c1-5-25-16-9-7-14(19)11-18(16)26(21,22)20-12(2)13-6-8-15(23-3)17(10-13)24-4/h6-12,20H,5H2,1-4H3/t12-/m1/s1. The molecule has 2 aromatic carbocycles. The first kappa shape index (κ1) is 20.4. The van der Waals surface area contributed by atoms with Crippen LogP contribution in [0.5, 0.6) is 17.2 Å². The molecule has 2 aromatic rings. The molecular formula is C18H22ClNO5S. The number of sulfonamides is 1. The summed E-state index contributed by atoms with van der Waals surface area (Å²) in [5, 5.41) is 0.313. The summed E-state index contributed by atoms with van der Waals surface area (Å²) in [5.41, 5.74) is 0.728. The summed E-state index contributed by atoms with van der Waals surface area (Å²) >= 11 is 5.97. The second-order valence-corrected chi connectivity index (χ2v) is 7.60. The first-order chi connectivity index (χ1) is 12.3. The molecule has 0 aromatic heterocycles. The molecule has 0 bridgehead atoms. The maximum Gasteiger partial charge on any atom is 0.244 e. The first-order valence-corrected chi connectivity index (χ1v) is 9.85. The molecule has 26 heavy (non-hydrogen) atoms. The number of hydrogen-bond donors (Lipinski definition) is 1. The smallest absolute Gasteiger partial charge is 0.244 e. The van der Waals surface area contributed by atoms with Gasteiger partial charge in [0, 0.05) is 11.1 Å². The van der Waals surface area contributed by atoms with Crippen molar-refractivity contribution in [1.82, 2.24) is 4.72 Å². The van der Waals surface area contributed by atoms with E-state index in [1.807, 2.05) is 0 Å². The second-order valence-electron chi connectivity index (χ2n) is 5.48. The zero-order chi connectivity index (χ0) is 19.3. The van der Waals surface area contributed by atoms with E-state index in [-0.39, 0.29) is 10.6 Å². The van der Waals surface area contributed by atoms with E-state index in [1.165, 1.54) is 20.3 Å². The molecule has 0 aliphatic carbocycles.